The summed E-state index contributed by atoms with van der Waals surface area (Å²) in [4.78, 5) is 0. The second-order valence-corrected chi connectivity index (χ2v) is 4.78. The van der Waals surface area contributed by atoms with Gasteiger partial charge in [-0.25, -0.2) is 0 Å². The highest BCUT2D eigenvalue weighted by atomic mass is 16.5. The van der Waals surface area contributed by atoms with E-state index in [1.807, 2.05) is 6.07 Å². The van der Waals surface area contributed by atoms with Gasteiger partial charge in [0.1, 0.15) is 5.75 Å². The zero-order chi connectivity index (χ0) is 13.2. The van der Waals surface area contributed by atoms with E-state index in [4.69, 9.17) is 4.74 Å². The molecule has 2 heteroatoms. The van der Waals surface area contributed by atoms with Gasteiger partial charge in [0, 0.05) is 0 Å². The molecule has 102 valence electrons. The summed E-state index contributed by atoms with van der Waals surface area (Å²) in [6.07, 6.45) is 4.81. The van der Waals surface area contributed by atoms with E-state index in [2.05, 4.69) is 44.3 Å². The average Bonchev–Trinajstić information content (AvgIpc) is 2.39. The fourth-order valence-corrected chi connectivity index (χ4v) is 2.00. The van der Waals surface area contributed by atoms with Crippen molar-refractivity contribution in [3.8, 4) is 5.75 Å². The molecule has 0 aliphatic carbocycles. The molecule has 0 heterocycles. The Morgan fingerprint density at radius 3 is 2.67 bits per heavy atom. The number of hydrogen-bond donors (Lipinski definition) is 1. The molecule has 0 aromatic heterocycles. The highest BCUT2D eigenvalue weighted by molar-refractivity contribution is 5.33. The molecule has 0 fully saturated rings. The molecule has 1 rings (SSSR count). The van der Waals surface area contributed by atoms with E-state index in [-0.39, 0.29) is 0 Å². The Bertz CT molecular complexity index is 325. The first-order chi connectivity index (χ1) is 8.77. The predicted octanol–water partition coefficient (Wildman–Crippen LogP) is 3.80. The second kappa shape index (κ2) is 8.98. The molecule has 18 heavy (non-hydrogen) atoms. The molecule has 0 bridgehead atoms. The van der Waals surface area contributed by atoms with Crippen molar-refractivity contribution in [3.63, 3.8) is 0 Å². The Morgan fingerprint density at radius 2 is 1.94 bits per heavy atom. The van der Waals surface area contributed by atoms with Crippen molar-refractivity contribution >= 4 is 0 Å². The van der Waals surface area contributed by atoms with Crippen molar-refractivity contribution in [2.45, 2.75) is 52.6 Å². The lowest BCUT2D eigenvalue weighted by molar-refractivity contribution is 0.205. The minimum atomic E-state index is 0.293. The second-order valence-electron chi connectivity index (χ2n) is 4.78. The molecule has 0 saturated heterocycles. The number of hydrogen-bond acceptors (Lipinski definition) is 2. The van der Waals surface area contributed by atoms with E-state index >= 15 is 0 Å². The number of ether oxygens (including phenoxy) is 1. The molecule has 0 saturated carbocycles. The first-order valence-corrected chi connectivity index (χ1v) is 7.23. The minimum Gasteiger partial charge on any atom is -0.490 e. The van der Waals surface area contributed by atoms with E-state index in [9.17, 15) is 0 Å². The van der Waals surface area contributed by atoms with Gasteiger partial charge in [-0.15, -0.1) is 0 Å². The Kier molecular flexibility index (Phi) is 7.51. The van der Waals surface area contributed by atoms with Crippen LogP contribution in [-0.2, 0) is 6.42 Å². The van der Waals surface area contributed by atoms with Crippen LogP contribution in [0.3, 0.4) is 0 Å². The van der Waals surface area contributed by atoms with Crippen LogP contribution < -0.4 is 10.1 Å². The largest absolute Gasteiger partial charge is 0.490 e. The topological polar surface area (TPSA) is 21.3 Å². The zero-order valence-electron chi connectivity index (χ0n) is 12.0. The van der Waals surface area contributed by atoms with Gasteiger partial charge >= 0.3 is 0 Å². The normalized spacial score (nSPS) is 12.4. The number of nitrogens with one attached hydrogen (secondary N) is 1. The zero-order valence-corrected chi connectivity index (χ0v) is 12.0. The lowest BCUT2D eigenvalue weighted by atomic mass is 10.1. The Balaban J connectivity index is 2.28. The van der Waals surface area contributed by atoms with Crippen molar-refractivity contribution in [3.05, 3.63) is 29.8 Å². The lowest BCUT2D eigenvalue weighted by Crippen LogP contribution is -2.19. The van der Waals surface area contributed by atoms with E-state index < -0.39 is 0 Å². The summed E-state index contributed by atoms with van der Waals surface area (Å²) in [7, 11) is 0. The fourth-order valence-electron chi connectivity index (χ4n) is 2.00. The highest BCUT2D eigenvalue weighted by Crippen LogP contribution is 2.20. The first kappa shape index (κ1) is 15.0. The number of para-hydroxylation sites is 1. The highest BCUT2D eigenvalue weighted by Gasteiger charge is 2.06. The van der Waals surface area contributed by atoms with Crippen LogP contribution in [0.25, 0.3) is 0 Å². The van der Waals surface area contributed by atoms with Crippen LogP contribution in [0.15, 0.2) is 24.3 Å². The van der Waals surface area contributed by atoms with Crippen LogP contribution in [-0.4, -0.2) is 19.2 Å². The van der Waals surface area contributed by atoms with E-state index in [1.165, 1.54) is 18.4 Å². The van der Waals surface area contributed by atoms with Crippen LogP contribution in [0.4, 0.5) is 0 Å². The maximum atomic E-state index is 6.02. The van der Waals surface area contributed by atoms with Crippen molar-refractivity contribution in [1.82, 2.24) is 5.32 Å². The minimum absolute atomic E-state index is 0.293. The Hall–Kier alpha value is -1.02. The summed E-state index contributed by atoms with van der Waals surface area (Å²) in [5.74, 6) is 1.05. The molecule has 1 unspecified atom stereocenters. The summed E-state index contributed by atoms with van der Waals surface area (Å²) in [5.41, 5.74) is 1.30. The molecule has 0 aliphatic rings. The fraction of sp³-hybridized carbons (Fsp3) is 0.625. The van der Waals surface area contributed by atoms with Crippen LogP contribution >= 0.6 is 0 Å². The molecular formula is C16H27NO. The van der Waals surface area contributed by atoms with Gasteiger partial charge in [-0.3, -0.25) is 0 Å². The molecule has 1 aromatic carbocycles. The van der Waals surface area contributed by atoms with E-state index in [0.717, 1.165) is 31.7 Å². The third-order valence-electron chi connectivity index (χ3n) is 3.07. The maximum Gasteiger partial charge on any atom is 0.122 e. The molecule has 1 aromatic rings. The van der Waals surface area contributed by atoms with Crippen LogP contribution in [0.1, 0.15) is 45.6 Å². The SMILES string of the molecule is CCCNCCCC(C)Oc1ccccc1CC. The van der Waals surface area contributed by atoms with Crippen LogP contribution in [0, 0.1) is 0 Å². The predicted molar refractivity (Wildman–Crippen MR) is 78.3 cm³/mol. The van der Waals surface area contributed by atoms with Crippen LogP contribution in [0.5, 0.6) is 5.75 Å². The molecular weight excluding hydrogens is 222 g/mol. The van der Waals surface area contributed by atoms with Crippen molar-refractivity contribution < 1.29 is 4.74 Å². The molecule has 2 nitrogen and oxygen atoms in total. The van der Waals surface area contributed by atoms with Crippen molar-refractivity contribution in [2.24, 2.45) is 0 Å². The molecule has 0 radical (unpaired) electrons. The summed E-state index contributed by atoms with van der Waals surface area (Å²) >= 11 is 0. The van der Waals surface area contributed by atoms with E-state index in [1.54, 1.807) is 0 Å². The quantitative estimate of drug-likeness (QED) is 0.672. The van der Waals surface area contributed by atoms with Gasteiger partial charge in [-0.05, 0) is 57.3 Å². The Morgan fingerprint density at radius 1 is 1.17 bits per heavy atom. The third-order valence-corrected chi connectivity index (χ3v) is 3.07. The van der Waals surface area contributed by atoms with Gasteiger partial charge < -0.3 is 10.1 Å². The number of aryl methyl sites for hydroxylation is 1. The first-order valence-electron chi connectivity index (χ1n) is 7.23. The smallest absolute Gasteiger partial charge is 0.122 e. The van der Waals surface area contributed by atoms with Crippen molar-refractivity contribution in [2.75, 3.05) is 13.1 Å². The molecule has 0 spiro atoms. The average molecular weight is 249 g/mol. The van der Waals surface area contributed by atoms with Crippen molar-refractivity contribution in [1.29, 1.82) is 0 Å². The van der Waals surface area contributed by atoms with Gasteiger partial charge in [0.05, 0.1) is 6.10 Å². The van der Waals surface area contributed by atoms with Gasteiger partial charge in [0.2, 0.25) is 0 Å². The molecule has 0 amide bonds. The summed E-state index contributed by atoms with van der Waals surface area (Å²) in [6, 6.07) is 8.34. The molecule has 0 aliphatic heterocycles. The summed E-state index contributed by atoms with van der Waals surface area (Å²) < 4.78 is 6.02. The van der Waals surface area contributed by atoms with Gasteiger partial charge in [0.15, 0.2) is 0 Å². The molecule has 1 atom stereocenters. The van der Waals surface area contributed by atoms with Crippen LogP contribution in [0.2, 0.25) is 0 Å². The monoisotopic (exact) mass is 249 g/mol. The maximum absolute atomic E-state index is 6.02. The summed E-state index contributed by atoms with van der Waals surface area (Å²) in [6.45, 7) is 8.74. The van der Waals surface area contributed by atoms with Gasteiger partial charge in [-0.1, -0.05) is 32.0 Å². The number of benzene rings is 1. The standard InChI is InChI=1S/C16H27NO/c1-4-12-17-13-8-9-14(3)18-16-11-7-6-10-15(16)5-2/h6-7,10-11,14,17H,4-5,8-9,12-13H2,1-3H3. The van der Waals surface area contributed by atoms with E-state index in [0.29, 0.717) is 6.10 Å². The van der Waals surface area contributed by atoms with Gasteiger partial charge in [0.25, 0.3) is 0 Å². The number of rotatable bonds is 9. The van der Waals surface area contributed by atoms with Gasteiger partial charge in [-0.2, -0.15) is 0 Å². The molecule has 1 N–H and O–H groups in total. The Labute approximate surface area is 112 Å². The third kappa shape index (κ3) is 5.54. The summed E-state index contributed by atoms with van der Waals surface area (Å²) in [5, 5.41) is 3.42. The lowest BCUT2D eigenvalue weighted by Gasteiger charge is -2.17.